The molecule has 2 nitrogen and oxygen atoms in total. The molecule has 0 heterocycles. The molecule has 3 heteroatoms. The molecule has 0 aromatic heterocycles. The third-order valence-electron chi connectivity index (χ3n) is 1.69. The number of hydrogen-bond donors (Lipinski definition) is 0. The molecule has 1 atom stereocenters. The second-order valence-corrected chi connectivity index (χ2v) is 3.18. The largest absolute Gasteiger partial charge is 0.458 e. The van der Waals surface area contributed by atoms with Crippen LogP contribution in [0.3, 0.4) is 0 Å². The molecule has 0 spiro atoms. The molecule has 0 saturated heterocycles. The highest BCUT2D eigenvalue weighted by Crippen LogP contribution is 2.24. The fourth-order valence-corrected chi connectivity index (χ4v) is 1.41. The molecule has 0 radical (unpaired) electrons. The van der Waals surface area contributed by atoms with Crippen molar-refractivity contribution >= 4 is 17.6 Å². The van der Waals surface area contributed by atoms with Crippen LogP contribution in [0.2, 0.25) is 5.02 Å². The van der Waals surface area contributed by atoms with Crippen molar-refractivity contribution in [2.75, 3.05) is 0 Å². The van der Waals surface area contributed by atoms with E-state index in [1.165, 1.54) is 6.92 Å². The van der Waals surface area contributed by atoms with E-state index in [-0.39, 0.29) is 12.1 Å². The van der Waals surface area contributed by atoms with E-state index in [1.807, 2.05) is 18.2 Å². The van der Waals surface area contributed by atoms with Gasteiger partial charge in [0.15, 0.2) is 0 Å². The lowest BCUT2D eigenvalue weighted by atomic mass is 10.1. The quantitative estimate of drug-likeness (QED) is 0.683. The maximum Gasteiger partial charge on any atom is 0.303 e. The van der Waals surface area contributed by atoms with E-state index >= 15 is 0 Å². The molecule has 0 fully saturated rings. The van der Waals surface area contributed by atoms with Crippen LogP contribution in [-0.2, 0) is 9.53 Å². The number of rotatable bonds is 2. The van der Waals surface area contributed by atoms with Crippen molar-refractivity contribution in [1.29, 1.82) is 0 Å². The summed E-state index contributed by atoms with van der Waals surface area (Å²) in [6.45, 7) is 3.18. The van der Waals surface area contributed by atoms with Crippen LogP contribution in [0.1, 0.15) is 25.5 Å². The van der Waals surface area contributed by atoms with Crippen LogP contribution in [-0.4, -0.2) is 5.97 Å². The lowest BCUT2D eigenvalue weighted by Gasteiger charge is -2.12. The highest BCUT2D eigenvalue weighted by Gasteiger charge is 2.10. The van der Waals surface area contributed by atoms with Gasteiger partial charge in [-0.1, -0.05) is 29.8 Å². The molecule has 0 unspecified atom stereocenters. The lowest BCUT2D eigenvalue weighted by Crippen LogP contribution is -2.04. The Morgan fingerprint density at radius 3 is 2.62 bits per heavy atom. The van der Waals surface area contributed by atoms with Gasteiger partial charge in [0.05, 0.1) is 0 Å². The first-order valence-corrected chi connectivity index (χ1v) is 4.40. The number of carbonyl (C=O) groups is 1. The highest BCUT2D eigenvalue weighted by molar-refractivity contribution is 6.31. The van der Waals surface area contributed by atoms with Gasteiger partial charge in [-0.15, -0.1) is 0 Å². The summed E-state index contributed by atoms with van der Waals surface area (Å²) in [6, 6.07) is 7.32. The molecule has 70 valence electrons. The Morgan fingerprint density at radius 1 is 1.46 bits per heavy atom. The van der Waals surface area contributed by atoms with E-state index in [0.29, 0.717) is 5.02 Å². The summed E-state index contributed by atoms with van der Waals surface area (Å²) in [5, 5.41) is 0.622. The fourth-order valence-electron chi connectivity index (χ4n) is 1.12. The normalized spacial score (nSPS) is 12.2. The molecule has 0 aliphatic rings. The van der Waals surface area contributed by atoms with E-state index in [2.05, 4.69) is 0 Å². The van der Waals surface area contributed by atoms with Crippen LogP contribution in [0, 0.1) is 0 Å². The molecule has 0 bridgehead atoms. The molecule has 0 saturated carbocycles. The highest BCUT2D eigenvalue weighted by atomic mass is 35.5. The average Bonchev–Trinajstić information content (AvgIpc) is 2.03. The van der Waals surface area contributed by atoms with Gasteiger partial charge in [-0.3, -0.25) is 4.79 Å². The Labute approximate surface area is 82.5 Å². The van der Waals surface area contributed by atoms with E-state index in [1.54, 1.807) is 13.0 Å². The van der Waals surface area contributed by atoms with Crippen LogP contribution in [0.25, 0.3) is 0 Å². The monoisotopic (exact) mass is 198 g/mol. The van der Waals surface area contributed by atoms with Gasteiger partial charge in [-0.2, -0.15) is 0 Å². The predicted molar refractivity (Wildman–Crippen MR) is 51.6 cm³/mol. The molecular weight excluding hydrogens is 188 g/mol. The van der Waals surface area contributed by atoms with Gasteiger partial charge in [0.1, 0.15) is 6.10 Å². The number of carbonyl (C=O) groups excluding carboxylic acids is 1. The number of halogens is 1. The van der Waals surface area contributed by atoms with Crippen molar-refractivity contribution in [3.8, 4) is 0 Å². The minimum atomic E-state index is -0.299. The topological polar surface area (TPSA) is 26.3 Å². The smallest absolute Gasteiger partial charge is 0.303 e. The molecule has 13 heavy (non-hydrogen) atoms. The van der Waals surface area contributed by atoms with Crippen molar-refractivity contribution in [3.63, 3.8) is 0 Å². The van der Waals surface area contributed by atoms with Gasteiger partial charge in [0.25, 0.3) is 0 Å². The van der Waals surface area contributed by atoms with Crippen LogP contribution < -0.4 is 0 Å². The number of ether oxygens (including phenoxy) is 1. The molecule has 0 amide bonds. The van der Waals surface area contributed by atoms with Crippen LogP contribution in [0.15, 0.2) is 24.3 Å². The van der Waals surface area contributed by atoms with Gasteiger partial charge in [-0.25, -0.2) is 0 Å². The summed E-state index contributed by atoms with van der Waals surface area (Å²) >= 11 is 5.91. The predicted octanol–water partition coefficient (Wildman–Crippen LogP) is 2.96. The fraction of sp³-hybridized carbons (Fsp3) is 0.300. The molecule has 1 aromatic rings. The zero-order valence-electron chi connectivity index (χ0n) is 7.58. The van der Waals surface area contributed by atoms with Gasteiger partial charge >= 0.3 is 5.97 Å². The Hall–Kier alpha value is -1.02. The summed E-state index contributed by atoms with van der Waals surface area (Å²) in [5.74, 6) is -0.299. The summed E-state index contributed by atoms with van der Waals surface area (Å²) in [5.41, 5.74) is 0.833. The third kappa shape index (κ3) is 2.74. The van der Waals surface area contributed by atoms with Gasteiger partial charge < -0.3 is 4.74 Å². The SMILES string of the molecule is CC(=O)O[C@@H](C)c1ccccc1Cl. The van der Waals surface area contributed by atoms with Crippen LogP contribution >= 0.6 is 11.6 Å². The molecule has 1 aromatic carbocycles. The first-order chi connectivity index (χ1) is 6.11. The van der Waals surface area contributed by atoms with Crippen molar-refractivity contribution in [2.24, 2.45) is 0 Å². The van der Waals surface area contributed by atoms with Gasteiger partial charge in [0.2, 0.25) is 0 Å². The summed E-state index contributed by atoms with van der Waals surface area (Å²) in [7, 11) is 0. The summed E-state index contributed by atoms with van der Waals surface area (Å²) in [4.78, 5) is 10.7. The van der Waals surface area contributed by atoms with Crippen molar-refractivity contribution in [2.45, 2.75) is 20.0 Å². The van der Waals surface area contributed by atoms with E-state index in [4.69, 9.17) is 16.3 Å². The zero-order chi connectivity index (χ0) is 9.84. The minimum Gasteiger partial charge on any atom is -0.458 e. The molecular formula is C10H11ClO2. The Kier molecular flexibility index (Phi) is 3.32. The summed E-state index contributed by atoms with van der Waals surface area (Å²) in [6.07, 6.45) is -0.286. The van der Waals surface area contributed by atoms with Crippen molar-refractivity contribution < 1.29 is 9.53 Å². The van der Waals surface area contributed by atoms with Crippen molar-refractivity contribution in [1.82, 2.24) is 0 Å². The number of esters is 1. The second kappa shape index (κ2) is 4.28. The molecule has 1 rings (SSSR count). The van der Waals surface area contributed by atoms with Crippen LogP contribution in [0.4, 0.5) is 0 Å². The maximum atomic E-state index is 10.7. The average molecular weight is 199 g/mol. The Bertz CT molecular complexity index is 310. The maximum absolute atomic E-state index is 10.7. The van der Waals surface area contributed by atoms with Gasteiger partial charge in [0, 0.05) is 17.5 Å². The van der Waals surface area contributed by atoms with Crippen LogP contribution in [0.5, 0.6) is 0 Å². The molecule has 0 aliphatic carbocycles. The van der Waals surface area contributed by atoms with Crippen molar-refractivity contribution in [3.05, 3.63) is 34.9 Å². The Morgan fingerprint density at radius 2 is 2.08 bits per heavy atom. The minimum absolute atomic E-state index is 0.286. The standard InChI is InChI=1S/C10H11ClO2/c1-7(13-8(2)12)9-5-3-4-6-10(9)11/h3-7H,1-2H3/t7-/m0/s1. The van der Waals surface area contributed by atoms with E-state index in [0.717, 1.165) is 5.56 Å². The molecule has 0 aliphatic heterocycles. The first-order valence-electron chi connectivity index (χ1n) is 4.03. The number of hydrogen-bond acceptors (Lipinski definition) is 2. The first kappa shape index (κ1) is 10.1. The Balaban J connectivity index is 2.82. The van der Waals surface area contributed by atoms with E-state index < -0.39 is 0 Å². The second-order valence-electron chi connectivity index (χ2n) is 2.77. The zero-order valence-corrected chi connectivity index (χ0v) is 8.34. The van der Waals surface area contributed by atoms with Gasteiger partial charge in [-0.05, 0) is 13.0 Å². The lowest BCUT2D eigenvalue weighted by molar-refractivity contribution is -0.145. The number of benzene rings is 1. The third-order valence-corrected chi connectivity index (χ3v) is 2.03. The summed E-state index contributed by atoms with van der Waals surface area (Å²) < 4.78 is 4.99. The van der Waals surface area contributed by atoms with E-state index in [9.17, 15) is 4.79 Å². The molecule has 0 N–H and O–H groups in total.